The van der Waals surface area contributed by atoms with Crippen molar-refractivity contribution in [3.63, 3.8) is 0 Å². The molecule has 1 aromatic heterocycles. The summed E-state index contributed by atoms with van der Waals surface area (Å²) in [5.74, 6) is 1.30. The molecule has 0 radical (unpaired) electrons. The van der Waals surface area contributed by atoms with Crippen molar-refractivity contribution in [3.05, 3.63) is 57.8 Å². The Morgan fingerprint density at radius 3 is 2.37 bits per heavy atom. The molecule has 184 valence electrons. The highest BCUT2D eigenvalue weighted by Gasteiger charge is 2.24. The maximum absolute atomic E-state index is 12.5. The first-order valence-electron chi connectivity index (χ1n) is 10.5. The van der Waals surface area contributed by atoms with Gasteiger partial charge >= 0.3 is 5.69 Å². The number of aryl methyl sites for hydroxylation is 1. The van der Waals surface area contributed by atoms with Gasteiger partial charge in [0.2, 0.25) is 17.5 Å². The summed E-state index contributed by atoms with van der Waals surface area (Å²) in [5, 5.41) is 17.6. The molecule has 0 bridgehead atoms. The molecule has 35 heavy (non-hydrogen) atoms. The number of aromatic nitrogens is 2. The molecule has 1 aliphatic carbocycles. The number of methoxy groups -OCH3 is 3. The molecule has 1 aliphatic rings. The van der Waals surface area contributed by atoms with E-state index in [9.17, 15) is 14.9 Å². The molecule has 0 unspecified atom stereocenters. The van der Waals surface area contributed by atoms with Gasteiger partial charge in [-0.2, -0.15) is 4.98 Å². The smallest absolute Gasteiger partial charge is 0.329 e. The molecule has 2 N–H and O–H groups in total. The minimum atomic E-state index is -0.581. The third-order valence-corrected chi connectivity index (χ3v) is 5.42. The molecule has 0 aliphatic heterocycles. The lowest BCUT2D eigenvalue weighted by Gasteiger charge is -2.19. The first-order valence-corrected chi connectivity index (χ1v) is 10.5. The Morgan fingerprint density at radius 2 is 1.74 bits per heavy atom. The van der Waals surface area contributed by atoms with Crippen molar-refractivity contribution in [2.24, 2.45) is 0 Å². The Morgan fingerprint density at radius 1 is 1.03 bits per heavy atom. The van der Waals surface area contributed by atoms with E-state index in [0.717, 1.165) is 24.6 Å². The van der Waals surface area contributed by atoms with Crippen molar-refractivity contribution < 1.29 is 23.9 Å². The number of ether oxygens (including phenoxy) is 3. The Kier molecular flexibility index (Phi) is 7.92. The zero-order valence-corrected chi connectivity index (χ0v) is 20.1. The van der Waals surface area contributed by atoms with E-state index >= 15 is 0 Å². The van der Waals surface area contributed by atoms with Crippen molar-refractivity contribution in [1.82, 2.24) is 9.97 Å². The summed E-state index contributed by atoms with van der Waals surface area (Å²) in [5.41, 5.74) is 2.12. The number of fused-ring (bicyclic) bond motifs is 1. The van der Waals surface area contributed by atoms with Crippen molar-refractivity contribution in [2.75, 3.05) is 32.0 Å². The Hall–Kier alpha value is -4.12. The second-order valence-electron chi connectivity index (χ2n) is 7.47. The Bertz CT molecular complexity index is 1240. The SMILES string of the molecule is COc1cc(Nc2ncc([N+](=O)[O-])c(Nc3cccc4c3C(=O)CCC4)n2)cc(OC)c1OC.Cl. The van der Waals surface area contributed by atoms with Gasteiger partial charge in [0, 0.05) is 29.8 Å². The molecular weight excluding hydrogens is 478 g/mol. The lowest BCUT2D eigenvalue weighted by molar-refractivity contribution is -0.384. The summed E-state index contributed by atoms with van der Waals surface area (Å²) in [7, 11) is 4.48. The highest BCUT2D eigenvalue weighted by Crippen LogP contribution is 2.40. The van der Waals surface area contributed by atoms with Gasteiger partial charge in [-0.15, -0.1) is 12.4 Å². The van der Waals surface area contributed by atoms with E-state index in [4.69, 9.17) is 14.2 Å². The molecule has 12 heteroatoms. The maximum Gasteiger partial charge on any atom is 0.329 e. The lowest BCUT2D eigenvalue weighted by atomic mass is 9.89. The summed E-state index contributed by atoms with van der Waals surface area (Å²) in [6, 6.07) is 8.72. The number of Topliss-reactive ketones (excluding diaryl/α,β-unsaturated/α-hetero) is 1. The Labute approximate surface area is 207 Å². The van der Waals surface area contributed by atoms with Crippen LogP contribution in [0.15, 0.2) is 36.5 Å². The average molecular weight is 502 g/mol. The molecule has 1 heterocycles. The zero-order valence-electron chi connectivity index (χ0n) is 19.3. The molecule has 0 spiro atoms. The van der Waals surface area contributed by atoms with Gasteiger partial charge in [0.1, 0.15) is 6.20 Å². The van der Waals surface area contributed by atoms with Crippen LogP contribution in [0.5, 0.6) is 17.2 Å². The summed E-state index contributed by atoms with van der Waals surface area (Å²) in [6.45, 7) is 0. The summed E-state index contributed by atoms with van der Waals surface area (Å²) < 4.78 is 16.0. The van der Waals surface area contributed by atoms with E-state index in [-0.39, 0.29) is 35.6 Å². The molecule has 2 aromatic carbocycles. The van der Waals surface area contributed by atoms with Gasteiger partial charge in [-0.1, -0.05) is 12.1 Å². The predicted molar refractivity (Wildman–Crippen MR) is 132 cm³/mol. The number of carbonyl (C=O) groups excluding carboxylic acids is 1. The van der Waals surface area contributed by atoms with Crippen LogP contribution in [0.2, 0.25) is 0 Å². The Balaban J connectivity index is 0.00000342. The van der Waals surface area contributed by atoms with E-state index in [1.807, 2.05) is 12.1 Å². The van der Waals surface area contributed by atoms with Crippen LogP contribution < -0.4 is 24.8 Å². The van der Waals surface area contributed by atoms with Crippen LogP contribution in [0.1, 0.15) is 28.8 Å². The van der Waals surface area contributed by atoms with Crippen LogP contribution in [0.4, 0.5) is 28.8 Å². The van der Waals surface area contributed by atoms with E-state index in [1.165, 1.54) is 21.3 Å². The first kappa shape index (κ1) is 25.5. The highest BCUT2D eigenvalue weighted by atomic mass is 35.5. The topological polar surface area (TPSA) is 138 Å². The van der Waals surface area contributed by atoms with Crippen LogP contribution in [0, 0.1) is 10.1 Å². The maximum atomic E-state index is 12.5. The number of benzene rings is 2. The van der Waals surface area contributed by atoms with E-state index in [0.29, 0.717) is 40.6 Å². The number of hydrogen-bond donors (Lipinski definition) is 2. The molecule has 0 saturated carbocycles. The molecular formula is C23H24ClN5O6. The van der Waals surface area contributed by atoms with Crippen molar-refractivity contribution in [3.8, 4) is 17.2 Å². The highest BCUT2D eigenvalue weighted by molar-refractivity contribution is 6.04. The molecule has 0 fully saturated rings. The molecule has 3 aromatic rings. The monoisotopic (exact) mass is 501 g/mol. The van der Waals surface area contributed by atoms with E-state index in [2.05, 4.69) is 20.6 Å². The molecule has 11 nitrogen and oxygen atoms in total. The second-order valence-corrected chi connectivity index (χ2v) is 7.47. The van der Waals surface area contributed by atoms with E-state index < -0.39 is 4.92 Å². The van der Waals surface area contributed by atoms with Gasteiger partial charge in [-0.05, 0) is 24.5 Å². The molecule has 0 saturated heterocycles. The van der Waals surface area contributed by atoms with Crippen molar-refractivity contribution in [2.45, 2.75) is 19.3 Å². The van der Waals surface area contributed by atoms with Gasteiger partial charge < -0.3 is 24.8 Å². The number of nitro groups is 1. The van der Waals surface area contributed by atoms with E-state index in [1.54, 1.807) is 18.2 Å². The van der Waals surface area contributed by atoms with Gasteiger partial charge in [-0.3, -0.25) is 14.9 Å². The number of nitrogens with one attached hydrogen (secondary N) is 2. The van der Waals surface area contributed by atoms with Crippen LogP contribution >= 0.6 is 12.4 Å². The van der Waals surface area contributed by atoms with Crippen LogP contribution in [-0.2, 0) is 6.42 Å². The van der Waals surface area contributed by atoms with Crippen LogP contribution in [0.25, 0.3) is 0 Å². The normalized spacial score (nSPS) is 12.1. The fraction of sp³-hybridized carbons (Fsp3) is 0.261. The number of rotatable bonds is 8. The standard InChI is InChI=1S/C23H23N5O6.ClH/c1-32-18-10-14(11-19(33-2)21(18)34-3)25-23-24-12-16(28(30)31)22(27-23)26-15-8-4-6-13-7-5-9-17(29)20(13)15;/h4,6,8,10-12H,5,7,9H2,1-3H3,(H2,24,25,26,27);1H. The summed E-state index contributed by atoms with van der Waals surface area (Å²) in [6.07, 6.45) is 3.10. The number of hydrogen-bond acceptors (Lipinski definition) is 10. The number of ketones is 1. The average Bonchev–Trinajstić information content (AvgIpc) is 2.83. The third-order valence-electron chi connectivity index (χ3n) is 5.42. The fourth-order valence-corrected chi connectivity index (χ4v) is 3.88. The summed E-state index contributed by atoms with van der Waals surface area (Å²) in [4.78, 5) is 32.0. The fourth-order valence-electron chi connectivity index (χ4n) is 3.88. The van der Waals surface area contributed by atoms with Gasteiger partial charge in [0.15, 0.2) is 17.3 Å². The largest absolute Gasteiger partial charge is 0.493 e. The minimum absolute atomic E-state index is 0. The number of halogens is 1. The minimum Gasteiger partial charge on any atom is -0.493 e. The third kappa shape index (κ3) is 5.19. The number of nitrogens with zero attached hydrogens (tertiary/aromatic N) is 3. The molecule has 4 rings (SSSR count). The van der Waals surface area contributed by atoms with Gasteiger partial charge in [0.05, 0.1) is 31.9 Å². The van der Waals surface area contributed by atoms with Gasteiger partial charge in [0.25, 0.3) is 0 Å². The van der Waals surface area contributed by atoms with Crippen molar-refractivity contribution >= 4 is 47.0 Å². The molecule has 0 amide bonds. The predicted octanol–water partition coefficient (Wildman–Crippen LogP) is 4.84. The zero-order chi connectivity index (χ0) is 24.2. The van der Waals surface area contributed by atoms with Crippen molar-refractivity contribution in [1.29, 1.82) is 0 Å². The number of carbonyl (C=O) groups is 1. The molecule has 0 atom stereocenters. The quantitative estimate of drug-likeness (QED) is 0.325. The number of anilines is 4. The van der Waals surface area contributed by atoms with Crippen LogP contribution in [0.3, 0.4) is 0 Å². The summed E-state index contributed by atoms with van der Waals surface area (Å²) >= 11 is 0. The lowest BCUT2D eigenvalue weighted by Crippen LogP contribution is -2.14. The first-order chi connectivity index (χ1) is 16.4. The second kappa shape index (κ2) is 10.9. The van der Waals surface area contributed by atoms with Crippen LogP contribution in [-0.4, -0.2) is 42.0 Å². The van der Waals surface area contributed by atoms with Gasteiger partial charge in [-0.25, -0.2) is 4.98 Å².